The van der Waals surface area contributed by atoms with Crippen molar-refractivity contribution in [3.63, 3.8) is 0 Å². The van der Waals surface area contributed by atoms with Gasteiger partial charge in [-0.3, -0.25) is 4.79 Å². The Labute approximate surface area is 135 Å². The Morgan fingerprint density at radius 3 is 2.87 bits per heavy atom. The third-order valence-corrected chi connectivity index (χ3v) is 3.05. The van der Waals surface area contributed by atoms with Crippen molar-refractivity contribution >= 4 is 12.0 Å². The minimum atomic E-state index is -0.450. The normalized spacial score (nSPS) is 10.9. The number of benzene rings is 1. The van der Waals surface area contributed by atoms with E-state index in [2.05, 4.69) is 5.32 Å². The predicted molar refractivity (Wildman–Crippen MR) is 86.4 cm³/mol. The molecule has 1 aromatic carbocycles. The fourth-order valence-corrected chi connectivity index (χ4v) is 1.92. The summed E-state index contributed by atoms with van der Waals surface area (Å²) in [6, 6.07) is 12.7. The predicted octanol–water partition coefficient (Wildman–Crippen LogP) is 3.29. The summed E-state index contributed by atoms with van der Waals surface area (Å²) in [5, 5.41) is 11.9. The smallest absolute Gasteiger partial charge is 0.262 e. The van der Waals surface area contributed by atoms with Gasteiger partial charge in [0.25, 0.3) is 5.91 Å². The molecule has 0 bridgehead atoms. The Hall–Kier alpha value is -3.00. The first-order valence-electron chi connectivity index (χ1n) is 7.38. The minimum absolute atomic E-state index is 0.0177. The summed E-state index contributed by atoms with van der Waals surface area (Å²) < 4.78 is 10.8. The molecule has 1 heterocycles. The van der Waals surface area contributed by atoms with E-state index in [0.29, 0.717) is 23.7 Å². The van der Waals surface area contributed by atoms with Crippen LogP contribution in [0, 0.1) is 11.3 Å². The first-order valence-corrected chi connectivity index (χ1v) is 7.38. The Kier molecular flexibility index (Phi) is 6.01. The van der Waals surface area contributed by atoms with Gasteiger partial charge in [0.2, 0.25) is 0 Å². The summed E-state index contributed by atoms with van der Waals surface area (Å²) in [5.41, 5.74) is 0.717. The molecule has 0 atom stereocenters. The molecule has 0 fully saturated rings. The molecule has 23 heavy (non-hydrogen) atoms. The summed E-state index contributed by atoms with van der Waals surface area (Å²) in [6.45, 7) is 2.83. The fraction of sp³-hybridized carbons (Fsp3) is 0.222. The van der Waals surface area contributed by atoms with Crippen molar-refractivity contribution in [2.75, 3.05) is 6.61 Å². The van der Waals surface area contributed by atoms with E-state index >= 15 is 0 Å². The standard InChI is InChI=1S/C18H18N2O3/c1-2-9-23-17-8-4-3-6-14(17)11-15(12-19)18(21)20-13-16-7-5-10-22-16/h3-8,10-11H,2,9,13H2,1H3,(H,20,21)/b15-11+. The lowest BCUT2D eigenvalue weighted by atomic mass is 10.1. The quantitative estimate of drug-likeness (QED) is 0.629. The lowest BCUT2D eigenvalue weighted by molar-refractivity contribution is -0.117. The maximum absolute atomic E-state index is 12.1. The highest BCUT2D eigenvalue weighted by Gasteiger charge is 2.11. The number of amides is 1. The first kappa shape index (κ1) is 16.4. The highest BCUT2D eigenvalue weighted by atomic mass is 16.5. The molecule has 0 saturated heterocycles. The molecule has 0 spiro atoms. The van der Waals surface area contributed by atoms with Crippen molar-refractivity contribution < 1.29 is 13.9 Å². The van der Waals surface area contributed by atoms with Crippen molar-refractivity contribution in [3.05, 3.63) is 59.6 Å². The molecule has 0 aliphatic heterocycles. The van der Waals surface area contributed by atoms with Crippen LogP contribution in [0.5, 0.6) is 5.75 Å². The van der Waals surface area contributed by atoms with Crippen molar-refractivity contribution in [2.45, 2.75) is 19.9 Å². The van der Waals surface area contributed by atoms with Gasteiger partial charge in [0, 0.05) is 5.56 Å². The van der Waals surface area contributed by atoms with Crippen molar-refractivity contribution in [3.8, 4) is 11.8 Å². The van der Waals surface area contributed by atoms with E-state index in [9.17, 15) is 10.1 Å². The monoisotopic (exact) mass is 310 g/mol. The number of nitrogens with one attached hydrogen (secondary N) is 1. The average Bonchev–Trinajstić information content (AvgIpc) is 3.10. The van der Waals surface area contributed by atoms with Crippen molar-refractivity contribution in [2.24, 2.45) is 0 Å². The number of carbonyl (C=O) groups is 1. The van der Waals surface area contributed by atoms with Crippen molar-refractivity contribution in [1.29, 1.82) is 5.26 Å². The molecule has 5 nitrogen and oxygen atoms in total. The number of nitrogens with zero attached hydrogens (tertiary/aromatic N) is 1. The van der Waals surface area contributed by atoms with Gasteiger partial charge in [-0.05, 0) is 30.7 Å². The summed E-state index contributed by atoms with van der Waals surface area (Å²) in [4.78, 5) is 12.1. The second kappa shape index (κ2) is 8.44. The molecule has 1 aromatic heterocycles. The lowest BCUT2D eigenvalue weighted by Gasteiger charge is -2.08. The highest BCUT2D eigenvalue weighted by molar-refractivity contribution is 6.01. The largest absolute Gasteiger partial charge is 0.493 e. The highest BCUT2D eigenvalue weighted by Crippen LogP contribution is 2.21. The van der Waals surface area contributed by atoms with Gasteiger partial charge in [-0.2, -0.15) is 5.26 Å². The van der Waals surface area contributed by atoms with E-state index in [0.717, 1.165) is 6.42 Å². The molecule has 1 amide bonds. The zero-order chi connectivity index (χ0) is 16.5. The average molecular weight is 310 g/mol. The van der Waals surface area contributed by atoms with Crippen molar-refractivity contribution in [1.82, 2.24) is 5.32 Å². The zero-order valence-electron chi connectivity index (χ0n) is 12.9. The van der Waals surface area contributed by atoms with Crippen LogP contribution in [0.2, 0.25) is 0 Å². The van der Waals surface area contributed by atoms with Gasteiger partial charge in [-0.15, -0.1) is 0 Å². The SMILES string of the molecule is CCCOc1ccccc1/C=C(\C#N)C(=O)NCc1ccco1. The van der Waals surface area contributed by atoms with Crippen LogP contribution in [0.25, 0.3) is 6.08 Å². The van der Waals surface area contributed by atoms with Crippen LogP contribution >= 0.6 is 0 Å². The van der Waals surface area contributed by atoms with Crippen LogP contribution < -0.4 is 10.1 Å². The van der Waals surface area contributed by atoms with E-state index in [4.69, 9.17) is 9.15 Å². The van der Waals surface area contributed by atoms with Gasteiger partial charge < -0.3 is 14.5 Å². The second-order valence-electron chi connectivity index (χ2n) is 4.82. The molecule has 2 rings (SSSR count). The third-order valence-electron chi connectivity index (χ3n) is 3.05. The van der Waals surface area contributed by atoms with Gasteiger partial charge in [-0.1, -0.05) is 25.1 Å². The van der Waals surface area contributed by atoms with Crippen LogP contribution in [0.3, 0.4) is 0 Å². The summed E-state index contributed by atoms with van der Waals surface area (Å²) in [5.74, 6) is 0.831. The number of furan rings is 1. The van der Waals surface area contributed by atoms with Crippen LogP contribution in [-0.2, 0) is 11.3 Å². The minimum Gasteiger partial charge on any atom is -0.493 e. The van der Waals surface area contributed by atoms with Crippen LogP contribution in [0.1, 0.15) is 24.7 Å². The molecule has 5 heteroatoms. The van der Waals surface area contributed by atoms with Crippen LogP contribution in [0.4, 0.5) is 0 Å². The fourth-order valence-electron chi connectivity index (χ4n) is 1.92. The lowest BCUT2D eigenvalue weighted by Crippen LogP contribution is -2.23. The molecule has 118 valence electrons. The van der Waals surface area contributed by atoms with E-state index in [-0.39, 0.29) is 12.1 Å². The van der Waals surface area contributed by atoms with E-state index in [1.54, 1.807) is 12.1 Å². The molecule has 0 aliphatic carbocycles. The summed E-state index contributed by atoms with van der Waals surface area (Å²) in [7, 11) is 0. The molecule has 0 unspecified atom stereocenters. The number of rotatable bonds is 7. The van der Waals surface area contributed by atoms with E-state index in [1.807, 2.05) is 37.3 Å². The number of hydrogen-bond acceptors (Lipinski definition) is 4. The van der Waals surface area contributed by atoms with Gasteiger partial charge in [0.1, 0.15) is 23.2 Å². The molecular formula is C18H18N2O3. The number of ether oxygens (including phenoxy) is 1. The van der Waals surface area contributed by atoms with Gasteiger partial charge in [0.15, 0.2) is 0 Å². The second-order valence-corrected chi connectivity index (χ2v) is 4.82. The zero-order valence-corrected chi connectivity index (χ0v) is 12.9. The third kappa shape index (κ3) is 4.75. The molecule has 2 aromatic rings. The van der Waals surface area contributed by atoms with Gasteiger partial charge in [0.05, 0.1) is 19.4 Å². The van der Waals surface area contributed by atoms with Gasteiger partial charge >= 0.3 is 0 Å². The summed E-state index contributed by atoms with van der Waals surface area (Å²) >= 11 is 0. The maximum atomic E-state index is 12.1. The molecule has 1 N–H and O–H groups in total. The number of para-hydroxylation sites is 1. The summed E-state index contributed by atoms with van der Waals surface area (Å²) in [6.07, 6.45) is 3.94. The Bertz CT molecular complexity index is 712. The molecule has 0 radical (unpaired) electrons. The van der Waals surface area contributed by atoms with E-state index in [1.165, 1.54) is 12.3 Å². The Morgan fingerprint density at radius 1 is 1.35 bits per heavy atom. The molecular weight excluding hydrogens is 292 g/mol. The van der Waals surface area contributed by atoms with Crippen LogP contribution in [0.15, 0.2) is 52.7 Å². The molecule has 0 saturated carbocycles. The molecule has 0 aliphatic rings. The van der Waals surface area contributed by atoms with Gasteiger partial charge in [-0.25, -0.2) is 0 Å². The van der Waals surface area contributed by atoms with Crippen LogP contribution in [-0.4, -0.2) is 12.5 Å². The Morgan fingerprint density at radius 2 is 2.17 bits per heavy atom. The Balaban J connectivity index is 2.11. The first-order chi connectivity index (χ1) is 11.2. The number of hydrogen-bond donors (Lipinski definition) is 1. The van der Waals surface area contributed by atoms with E-state index < -0.39 is 5.91 Å². The number of carbonyl (C=O) groups excluding carboxylic acids is 1. The number of nitriles is 1. The topological polar surface area (TPSA) is 75.3 Å². The maximum Gasteiger partial charge on any atom is 0.262 e.